The molecule has 30 heavy (non-hydrogen) atoms. The molecule has 0 bridgehead atoms. The number of carbonyl (C=O) groups is 1. The molecule has 1 N–H and O–H groups in total. The second-order valence-corrected chi connectivity index (χ2v) is 9.05. The van der Waals surface area contributed by atoms with E-state index in [1.165, 1.54) is 16.1 Å². The van der Waals surface area contributed by atoms with Crippen molar-refractivity contribution in [2.24, 2.45) is 0 Å². The molecule has 0 saturated carbocycles. The highest BCUT2D eigenvalue weighted by Crippen LogP contribution is 2.21. The van der Waals surface area contributed by atoms with Crippen molar-refractivity contribution < 1.29 is 13.2 Å². The van der Waals surface area contributed by atoms with Gasteiger partial charge in [0.1, 0.15) is 0 Å². The lowest BCUT2D eigenvalue weighted by Crippen LogP contribution is -2.29. The van der Waals surface area contributed by atoms with Gasteiger partial charge in [0, 0.05) is 12.1 Å². The van der Waals surface area contributed by atoms with Crippen LogP contribution in [0.4, 0.5) is 5.69 Å². The molecule has 6 heteroatoms. The maximum atomic E-state index is 12.4. The lowest BCUT2D eigenvalue weighted by Gasteiger charge is -2.22. The number of aryl methyl sites for hydroxylation is 1. The van der Waals surface area contributed by atoms with Gasteiger partial charge >= 0.3 is 0 Å². The summed E-state index contributed by atoms with van der Waals surface area (Å²) in [4.78, 5) is 12.4. The minimum absolute atomic E-state index is 0.163. The van der Waals surface area contributed by atoms with Crippen molar-refractivity contribution >= 4 is 21.6 Å². The molecule has 0 fully saturated rings. The Morgan fingerprint density at radius 1 is 0.833 bits per heavy atom. The summed E-state index contributed by atoms with van der Waals surface area (Å²) in [6.07, 6.45) is 2.94. The quantitative estimate of drug-likeness (QED) is 0.530. The van der Waals surface area contributed by atoms with Crippen molar-refractivity contribution in [2.45, 2.75) is 19.4 Å². The molecule has 3 aromatic carbocycles. The lowest BCUT2D eigenvalue weighted by atomic mass is 10.1. The van der Waals surface area contributed by atoms with Gasteiger partial charge in [-0.05, 0) is 48.2 Å². The lowest BCUT2D eigenvalue weighted by molar-refractivity contribution is 0.0953. The first-order valence-corrected chi connectivity index (χ1v) is 11.7. The third-order valence-electron chi connectivity index (χ3n) is 4.76. The molecular weight excluding hydrogens is 396 g/mol. The number of sulfonamides is 1. The summed E-state index contributed by atoms with van der Waals surface area (Å²) in [6.45, 7) is 0.823. The van der Waals surface area contributed by atoms with Gasteiger partial charge in [0.25, 0.3) is 5.91 Å². The maximum Gasteiger partial charge on any atom is 0.251 e. The molecule has 0 aliphatic rings. The smallest absolute Gasteiger partial charge is 0.251 e. The van der Waals surface area contributed by atoms with E-state index < -0.39 is 10.0 Å². The molecule has 0 atom stereocenters. The molecule has 0 aliphatic heterocycles. The van der Waals surface area contributed by atoms with Gasteiger partial charge in [0.2, 0.25) is 10.0 Å². The number of hydrogen-bond donors (Lipinski definition) is 1. The number of nitrogens with one attached hydrogen (secondary N) is 1. The number of rotatable bonds is 9. The first-order valence-electron chi connectivity index (χ1n) is 9.87. The summed E-state index contributed by atoms with van der Waals surface area (Å²) in [5.41, 5.74) is 3.17. The molecule has 5 nitrogen and oxygen atoms in total. The molecule has 0 unspecified atom stereocenters. The summed E-state index contributed by atoms with van der Waals surface area (Å²) in [6, 6.07) is 26.2. The van der Waals surface area contributed by atoms with Crippen LogP contribution in [0.2, 0.25) is 0 Å². The zero-order valence-corrected chi connectivity index (χ0v) is 17.8. The third kappa shape index (κ3) is 6.19. The van der Waals surface area contributed by atoms with E-state index >= 15 is 0 Å². The van der Waals surface area contributed by atoms with Crippen molar-refractivity contribution in [3.05, 3.63) is 102 Å². The van der Waals surface area contributed by atoms with Crippen LogP contribution in [0.3, 0.4) is 0 Å². The van der Waals surface area contributed by atoms with Crippen LogP contribution in [0.1, 0.15) is 27.9 Å². The van der Waals surface area contributed by atoms with Crippen molar-refractivity contribution in [3.8, 4) is 0 Å². The number of carbonyl (C=O) groups excluding carboxylic acids is 1. The van der Waals surface area contributed by atoms with Gasteiger partial charge in [-0.1, -0.05) is 60.7 Å². The Bertz CT molecular complexity index is 1050. The zero-order chi connectivity index (χ0) is 21.4. The van der Waals surface area contributed by atoms with Crippen LogP contribution in [0, 0.1) is 0 Å². The van der Waals surface area contributed by atoms with Gasteiger partial charge < -0.3 is 5.32 Å². The van der Waals surface area contributed by atoms with Gasteiger partial charge in [-0.15, -0.1) is 0 Å². The Hall–Kier alpha value is -3.12. The fraction of sp³-hybridized carbons (Fsp3) is 0.208. The monoisotopic (exact) mass is 422 g/mol. The normalized spacial score (nSPS) is 11.1. The van der Waals surface area contributed by atoms with Crippen molar-refractivity contribution in [1.29, 1.82) is 0 Å². The van der Waals surface area contributed by atoms with Gasteiger partial charge in [0.05, 0.1) is 18.5 Å². The van der Waals surface area contributed by atoms with Crippen LogP contribution in [-0.4, -0.2) is 27.1 Å². The molecule has 0 aromatic heterocycles. The van der Waals surface area contributed by atoms with Crippen molar-refractivity contribution in [3.63, 3.8) is 0 Å². The topological polar surface area (TPSA) is 66.5 Å². The van der Waals surface area contributed by atoms with Gasteiger partial charge in [-0.3, -0.25) is 9.10 Å². The second-order valence-electron chi connectivity index (χ2n) is 7.15. The molecule has 156 valence electrons. The van der Waals surface area contributed by atoms with Gasteiger partial charge in [-0.25, -0.2) is 8.42 Å². The van der Waals surface area contributed by atoms with Crippen LogP contribution >= 0.6 is 0 Å². The fourth-order valence-corrected chi connectivity index (χ4v) is 4.06. The molecule has 0 aliphatic carbocycles. The predicted molar refractivity (Wildman–Crippen MR) is 121 cm³/mol. The average molecular weight is 423 g/mol. The molecule has 0 spiro atoms. The van der Waals surface area contributed by atoms with E-state index in [2.05, 4.69) is 17.4 Å². The van der Waals surface area contributed by atoms with Crippen LogP contribution in [0.15, 0.2) is 84.9 Å². The Labute approximate surface area is 178 Å². The third-order valence-corrected chi connectivity index (χ3v) is 5.90. The van der Waals surface area contributed by atoms with E-state index in [1.54, 1.807) is 24.3 Å². The number of nitrogens with zero attached hydrogens (tertiary/aromatic N) is 1. The summed E-state index contributed by atoms with van der Waals surface area (Å²) < 4.78 is 25.9. The highest BCUT2D eigenvalue weighted by atomic mass is 32.2. The Morgan fingerprint density at radius 2 is 1.40 bits per heavy atom. The number of hydrogen-bond acceptors (Lipinski definition) is 3. The highest BCUT2D eigenvalue weighted by Gasteiger charge is 2.18. The first kappa shape index (κ1) is 21.6. The molecular formula is C24H26N2O3S. The molecule has 3 aromatic rings. The van der Waals surface area contributed by atoms with Crippen molar-refractivity contribution in [1.82, 2.24) is 5.32 Å². The molecule has 3 rings (SSSR count). The number of amides is 1. The minimum Gasteiger partial charge on any atom is -0.352 e. The number of anilines is 1. The van der Waals surface area contributed by atoms with Crippen LogP contribution < -0.4 is 9.62 Å². The summed E-state index contributed by atoms with van der Waals surface area (Å²) in [5.74, 6) is -0.163. The summed E-state index contributed by atoms with van der Waals surface area (Å²) >= 11 is 0. The fourth-order valence-electron chi connectivity index (χ4n) is 3.17. The summed E-state index contributed by atoms with van der Waals surface area (Å²) in [7, 11) is -3.46. The molecule has 0 radical (unpaired) electrons. The van der Waals surface area contributed by atoms with Gasteiger partial charge in [0.15, 0.2) is 0 Å². The van der Waals surface area contributed by atoms with E-state index in [0.717, 1.165) is 18.4 Å². The Morgan fingerprint density at radius 3 is 1.97 bits per heavy atom. The highest BCUT2D eigenvalue weighted by molar-refractivity contribution is 7.92. The molecule has 0 heterocycles. The molecule has 0 saturated heterocycles. The average Bonchev–Trinajstić information content (AvgIpc) is 2.76. The van der Waals surface area contributed by atoms with Crippen LogP contribution in [0.5, 0.6) is 0 Å². The minimum atomic E-state index is -3.46. The standard InChI is InChI=1S/C24H26N2O3S/c1-30(28,29)26(19-21-11-6-3-7-12-21)23-16-14-22(15-17-23)24(27)25-18-8-13-20-9-4-2-5-10-20/h2-7,9-12,14-17H,8,13,18-19H2,1H3,(H,25,27). The SMILES string of the molecule is CS(=O)(=O)N(Cc1ccccc1)c1ccc(C(=O)NCCCc2ccccc2)cc1. The van der Waals surface area contributed by atoms with E-state index in [4.69, 9.17) is 0 Å². The zero-order valence-electron chi connectivity index (χ0n) is 17.0. The van der Waals surface area contributed by atoms with E-state index in [9.17, 15) is 13.2 Å². The Kier molecular flexibility index (Phi) is 7.25. The Balaban J connectivity index is 1.60. The second kappa shape index (κ2) is 10.1. The van der Waals surface area contributed by atoms with E-state index in [-0.39, 0.29) is 12.5 Å². The van der Waals surface area contributed by atoms with Gasteiger partial charge in [-0.2, -0.15) is 0 Å². The van der Waals surface area contributed by atoms with Crippen LogP contribution in [-0.2, 0) is 23.0 Å². The van der Waals surface area contributed by atoms with E-state index in [1.807, 2.05) is 48.5 Å². The maximum absolute atomic E-state index is 12.4. The van der Waals surface area contributed by atoms with E-state index in [0.29, 0.717) is 17.8 Å². The first-order chi connectivity index (χ1) is 14.4. The van der Waals surface area contributed by atoms with Crippen molar-refractivity contribution in [2.75, 3.05) is 17.1 Å². The summed E-state index contributed by atoms with van der Waals surface area (Å²) in [5, 5.41) is 2.92. The molecule has 1 amide bonds. The number of benzene rings is 3. The van der Waals surface area contributed by atoms with Crippen LogP contribution in [0.25, 0.3) is 0 Å². The largest absolute Gasteiger partial charge is 0.352 e. The predicted octanol–water partition coefficient (Wildman–Crippen LogP) is 4.02.